The van der Waals surface area contributed by atoms with Crippen LogP contribution in [0.25, 0.3) is 0 Å². The van der Waals surface area contributed by atoms with Gasteiger partial charge in [0.2, 0.25) is 0 Å². The zero-order chi connectivity index (χ0) is 20.2. The van der Waals surface area contributed by atoms with Gasteiger partial charge < -0.3 is 15.4 Å². The molecule has 28 heavy (non-hydrogen) atoms. The van der Waals surface area contributed by atoms with Gasteiger partial charge in [-0.05, 0) is 45.6 Å². The molecule has 0 atom stereocenters. The van der Waals surface area contributed by atoms with Crippen molar-refractivity contribution >= 4 is 5.96 Å². The molecule has 0 aliphatic rings. The van der Waals surface area contributed by atoms with Crippen LogP contribution < -0.4 is 10.6 Å². The Morgan fingerprint density at radius 2 is 1.89 bits per heavy atom. The molecule has 0 saturated heterocycles. The summed E-state index contributed by atoms with van der Waals surface area (Å²) in [4.78, 5) is 4.71. The second-order valence-electron chi connectivity index (χ2n) is 6.95. The molecule has 2 rings (SSSR count). The molecule has 0 bridgehead atoms. The van der Waals surface area contributed by atoms with Crippen LogP contribution in [-0.4, -0.2) is 42.0 Å². The predicted octanol–water partition coefficient (Wildman–Crippen LogP) is 3.13. The van der Waals surface area contributed by atoms with E-state index in [0.29, 0.717) is 6.54 Å². The van der Waals surface area contributed by atoms with Crippen molar-refractivity contribution < 1.29 is 4.74 Å². The smallest absolute Gasteiger partial charge is 0.191 e. The monoisotopic (exact) mass is 385 g/mol. The van der Waals surface area contributed by atoms with Crippen LogP contribution in [-0.2, 0) is 24.8 Å². The van der Waals surface area contributed by atoms with Crippen LogP contribution in [0.5, 0.6) is 0 Å². The normalized spacial score (nSPS) is 11.6. The number of aromatic nitrogens is 2. The third kappa shape index (κ3) is 7.35. The number of rotatable bonds is 11. The third-order valence-electron chi connectivity index (χ3n) is 4.78. The van der Waals surface area contributed by atoms with Crippen molar-refractivity contribution in [2.75, 3.05) is 26.3 Å². The lowest BCUT2D eigenvalue weighted by molar-refractivity contribution is 0.133. The van der Waals surface area contributed by atoms with E-state index >= 15 is 0 Å². The first-order valence-electron chi connectivity index (χ1n) is 10.2. The molecule has 0 saturated carbocycles. The highest BCUT2D eigenvalue weighted by Gasteiger charge is 2.08. The van der Waals surface area contributed by atoms with E-state index in [1.165, 1.54) is 16.8 Å². The molecule has 6 nitrogen and oxygen atoms in total. The summed E-state index contributed by atoms with van der Waals surface area (Å²) in [6.45, 7) is 10.2. The molecule has 0 amide bonds. The SMILES string of the molecule is CCNC(=NCc1c(C)nn(C)c1C)NCCCCOCCc1ccccc1. The largest absolute Gasteiger partial charge is 0.381 e. The maximum absolute atomic E-state index is 5.74. The molecule has 2 N–H and O–H groups in total. The van der Waals surface area contributed by atoms with Crippen molar-refractivity contribution in [2.45, 2.75) is 46.6 Å². The van der Waals surface area contributed by atoms with Crippen molar-refractivity contribution in [3.8, 4) is 0 Å². The van der Waals surface area contributed by atoms with E-state index < -0.39 is 0 Å². The van der Waals surface area contributed by atoms with E-state index in [0.717, 1.165) is 57.2 Å². The Kier molecular flexibility index (Phi) is 9.55. The van der Waals surface area contributed by atoms with Gasteiger partial charge in [-0.15, -0.1) is 0 Å². The average Bonchev–Trinajstić information content (AvgIpc) is 2.94. The Labute approximate surface area is 169 Å². The molecule has 0 aliphatic carbocycles. The minimum atomic E-state index is 0.642. The Morgan fingerprint density at radius 3 is 2.57 bits per heavy atom. The molecule has 1 heterocycles. The topological polar surface area (TPSA) is 63.5 Å². The maximum Gasteiger partial charge on any atom is 0.191 e. The highest BCUT2D eigenvalue weighted by atomic mass is 16.5. The summed E-state index contributed by atoms with van der Waals surface area (Å²) in [5.41, 5.74) is 4.75. The molecule has 2 aromatic rings. The minimum Gasteiger partial charge on any atom is -0.381 e. The molecule has 0 fully saturated rings. The van der Waals surface area contributed by atoms with Gasteiger partial charge in [0.15, 0.2) is 5.96 Å². The van der Waals surface area contributed by atoms with E-state index in [1.54, 1.807) is 0 Å². The summed E-state index contributed by atoms with van der Waals surface area (Å²) >= 11 is 0. The number of aliphatic imine (C=N–C) groups is 1. The Morgan fingerprint density at radius 1 is 1.11 bits per heavy atom. The predicted molar refractivity (Wildman–Crippen MR) is 116 cm³/mol. The van der Waals surface area contributed by atoms with E-state index in [-0.39, 0.29) is 0 Å². The Bertz CT molecular complexity index is 724. The molecule has 154 valence electrons. The fraction of sp³-hybridized carbons (Fsp3) is 0.545. The number of hydrogen-bond acceptors (Lipinski definition) is 3. The first-order valence-corrected chi connectivity index (χ1v) is 10.2. The summed E-state index contributed by atoms with van der Waals surface area (Å²) in [7, 11) is 1.97. The zero-order valence-corrected chi connectivity index (χ0v) is 17.8. The standard InChI is InChI=1S/C22H35N5O/c1-5-23-22(25-17-21-18(2)26-27(4)19(21)3)24-14-9-10-15-28-16-13-20-11-7-6-8-12-20/h6-8,11-12H,5,9-10,13-17H2,1-4H3,(H2,23,24,25). The van der Waals surface area contributed by atoms with Crippen LogP contribution in [0.3, 0.4) is 0 Å². The van der Waals surface area contributed by atoms with Crippen molar-refractivity contribution in [1.82, 2.24) is 20.4 Å². The van der Waals surface area contributed by atoms with Crippen LogP contribution in [0, 0.1) is 13.8 Å². The second kappa shape index (κ2) is 12.2. The number of aryl methyl sites for hydroxylation is 2. The van der Waals surface area contributed by atoms with Gasteiger partial charge in [0, 0.05) is 38.0 Å². The zero-order valence-electron chi connectivity index (χ0n) is 17.8. The van der Waals surface area contributed by atoms with Crippen molar-refractivity contribution in [2.24, 2.45) is 12.0 Å². The van der Waals surface area contributed by atoms with Crippen LogP contribution >= 0.6 is 0 Å². The summed E-state index contributed by atoms with van der Waals surface area (Å²) in [6.07, 6.45) is 3.08. The van der Waals surface area contributed by atoms with Crippen molar-refractivity contribution in [3.05, 3.63) is 52.8 Å². The molecule has 1 aromatic carbocycles. The highest BCUT2D eigenvalue weighted by molar-refractivity contribution is 5.79. The minimum absolute atomic E-state index is 0.642. The van der Waals surface area contributed by atoms with Crippen LogP contribution in [0.4, 0.5) is 0 Å². The van der Waals surface area contributed by atoms with Gasteiger partial charge >= 0.3 is 0 Å². The van der Waals surface area contributed by atoms with Gasteiger partial charge in [-0.3, -0.25) is 4.68 Å². The lowest BCUT2D eigenvalue weighted by Crippen LogP contribution is -2.37. The quantitative estimate of drug-likeness (QED) is 0.354. The Hall–Kier alpha value is -2.34. The molecule has 1 aromatic heterocycles. The van der Waals surface area contributed by atoms with Crippen molar-refractivity contribution in [1.29, 1.82) is 0 Å². The first kappa shape index (κ1) is 22.0. The lowest BCUT2D eigenvalue weighted by atomic mass is 10.2. The second-order valence-corrected chi connectivity index (χ2v) is 6.95. The van der Waals surface area contributed by atoms with Gasteiger partial charge in [0.1, 0.15) is 0 Å². The number of guanidine groups is 1. The molecule has 0 aliphatic heterocycles. The first-order chi connectivity index (χ1) is 13.6. The van der Waals surface area contributed by atoms with Gasteiger partial charge in [-0.25, -0.2) is 4.99 Å². The number of nitrogens with zero attached hydrogens (tertiary/aromatic N) is 3. The van der Waals surface area contributed by atoms with Crippen LogP contribution in [0.2, 0.25) is 0 Å². The van der Waals surface area contributed by atoms with E-state index in [1.807, 2.05) is 24.7 Å². The van der Waals surface area contributed by atoms with E-state index in [4.69, 9.17) is 9.73 Å². The summed E-state index contributed by atoms with van der Waals surface area (Å²) in [6, 6.07) is 10.5. The third-order valence-corrected chi connectivity index (χ3v) is 4.78. The van der Waals surface area contributed by atoms with E-state index in [9.17, 15) is 0 Å². The Balaban J connectivity index is 1.63. The van der Waals surface area contributed by atoms with Crippen LogP contribution in [0.1, 0.15) is 42.3 Å². The highest BCUT2D eigenvalue weighted by Crippen LogP contribution is 2.12. The van der Waals surface area contributed by atoms with E-state index in [2.05, 4.69) is 53.8 Å². The summed E-state index contributed by atoms with van der Waals surface area (Å²) in [5, 5.41) is 11.2. The van der Waals surface area contributed by atoms with Gasteiger partial charge in [0.25, 0.3) is 0 Å². The number of nitrogens with one attached hydrogen (secondary N) is 2. The average molecular weight is 386 g/mol. The molecular weight excluding hydrogens is 350 g/mol. The molecule has 0 unspecified atom stereocenters. The number of unbranched alkanes of at least 4 members (excludes halogenated alkanes) is 1. The van der Waals surface area contributed by atoms with Gasteiger partial charge in [0.05, 0.1) is 18.8 Å². The van der Waals surface area contributed by atoms with Gasteiger partial charge in [-0.2, -0.15) is 5.10 Å². The maximum atomic E-state index is 5.74. The fourth-order valence-corrected chi connectivity index (χ4v) is 3.02. The summed E-state index contributed by atoms with van der Waals surface area (Å²) in [5.74, 6) is 0.857. The molecule has 0 spiro atoms. The number of benzene rings is 1. The van der Waals surface area contributed by atoms with Crippen LogP contribution in [0.15, 0.2) is 35.3 Å². The number of hydrogen-bond donors (Lipinski definition) is 2. The fourth-order valence-electron chi connectivity index (χ4n) is 3.02. The number of ether oxygens (including phenoxy) is 1. The lowest BCUT2D eigenvalue weighted by Gasteiger charge is -2.11. The van der Waals surface area contributed by atoms with Gasteiger partial charge in [-0.1, -0.05) is 30.3 Å². The molecule has 6 heteroatoms. The molecule has 0 radical (unpaired) electrons. The molecular formula is C22H35N5O. The summed E-state index contributed by atoms with van der Waals surface area (Å²) < 4.78 is 7.66. The van der Waals surface area contributed by atoms with Crippen molar-refractivity contribution in [3.63, 3.8) is 0 Å².